The van der Waals surface area contributed by atoms with E-state index >= 15 is 0 Å². The van der Waals surface area contributed by atoms with E-state index in [4.69, 9.17) is 9.47 Å². The van der Waals surface area contributed by atoms with E-state index < -0.39 is 41.1 Å². The second kappa shape index (κ2) is 9.40. The zero-order valence-corrected chi connectivity index (χ0v) is 22.6. The van der Waals surface area contributed by atoms with Gasteiger partial charge in [-0.1, -0.05) is 6.08 Å². The molecule has 3 heterocycles. The molecule has 2 aliphatic heterocycles. The highest BCUT2D eigenvalue weighted by Gasteiger charge is 2.44. The van der Waals surface area contributed by atoms with Gasteiger partial charge in [0.05, 0.1) is 12.2 Å². The number of carboxylic acid groups (broad SMARTS) is 1. The lowest BCUT2D eigenvalue weighted by Gasteiger charge is -2.42. The summed E-state index contributed by atoms with van der Waals surface area (Å²) in [5.74, 6) is -0.836. The fraction of sp³-hybridized carbons (Fsp3) is 0.321. The molecule has 2 aliphatic rings. The summed E-state index contributed by atoms with van der Waals surface area (Å²) in [5, 5.41) is 9.18. The molecule has 2 aromatic carbocycles. The number of benzene rings is 2. The summed E-state index contributed by atoms with van der Waals surface area (Å²) < 4.78 is 15.5. The van der Waals surface area contributed by atoms with Gasteiger partial charge in [0.15, 0.2) is 5.78 Å². The van der Waals surface area contributed by atoms with Crippen LogP contribution in [0.1, 0.15) is 49.7 Å². The molecule has 1 aromatic heterocycles. The van der Waals surface area contributed by atoms with Crippen molar-refractivity contribution >= 4 is 17.8 Å². The van der Waals surface area contributed by atoms with Gasteiger partial charge in [0, 0.05) is 24.2 Å². The molecular formula is C28H28N4O8. The molecular weight excluding hydrogens is 520 g/mol. The maximum Gasteiger partial charge on any atom is 0.415 e. The number of ketones is 1. The van der Waals surface area contributed by atoms with E-state index in [1.165, 1.54) is 42.4 Å². The van der Waals surface area contributed by atoms with Crippen LogP contribution in [0, 0.1) is 0 Å². The summed E-state index contributed by atoms with van der Waals surface area (Å²) in [6.07, 6.45) is 1.01. The fourth-order valence-corrected chi connectivity index (χ4v) is 5.00. The molecule has 40 heavy (non-hydrogen) atoms. The van der Waals surface area contributed by atoms with Gasteiger partial charge in [-0.05, 0) is 69.7 Å². The van der Waals surface area contributed by atoms with Crippen LogP contribution in [0.2, 0.25) is 0 Å². The van der Waals surface area contributed by atoms with E-state index in [-0.39, 0.29) is 18.1 Å². The minimum absolute atomic E-state index is 0.125. The zero-order chi connectivity index (χ0) is 29.1. The highest BCUT2D eigenvalue weighted by atomic mass is 16.6. The largest absolute Gasteiger partial charge is 0.483 e. The van der Waals surface area contributed by atoms with Crippen LogP contribution in [0.5, 0.6) is 11.5 Å². The molecule has 0 radical (unpaired) electrons. The average Bonchev–Trinajstić information content (AvgIpc) is 3.16. The molecule has 1 N–H and O–H groups in total. The molecule has 1 amide bonds. The van der Waals surface area contributed by atoms with Crippen LogP contribution >= 0.6 is 0 Å². The number of likely N-dealkylation sites (N-methyl/N-ethyl adjacent to an activating group) is 1. The average molecular weight is 549 g/mol. The number of aromatic nitrogens is 3. The minimum Gasteiger partial charge on any atom is -0.483 e. The topological polar surface area (TPSA) is 142 Å². The van der Waals surface area contributed by atoms with Crippen molar-refractivity contribution in [2.24, 2.45) is 0 Å². The third-order valence-electron chi connectivity index (χ3n) is 7.39. The van der Waals surface area contributed by atoms with Crippen LogP contribution in [-0.4, -0.2) is 60.5 Å². The number of aliphatic carboxylic acids is 1. The van der Waals surface area contributed by atoms with E-state index in [1.807, 2.05) is 19.9 Å². The first-order chi connectivity index (χ1) is 18.8. The molecule has 0 fully saturated rings. The Morgan fingerprint density at radius 2 is 1.77 bits per heavy atom. The molecule has 0 aliphatic carbocycles. The normalized spacial score (nSPS) is 17.3. The van der Waals surface area contributed by atoms with E-state index in [0.717, 1.165) is 15.0 Å². The summed E-state index contributed by atoms with van der Waals surface area (Å²) in [6.45, 7) is 6.63. The Bertz CT molecular complexity index is 1710. The molecule has 3 aromatic rings. The number of nitrogens with zero attached hydrogens (tertiary/aromatic N) is 4. The Hall–Kier alpha value is -4.87. The van der Waals surface area contributed by atoms with Crippen molar-refractivity contribution in [3.05, 3.63) is 86.2 Å². The van der Waals surface area contributed by atoms with Crippen molar-refractivity contribution in [3.8, 4) is 17.2 Å². The molecule has 0 spiro atoms. The lowest BCUT2D eigenvalue weighted by atomic mass is 9.83. The molecule has 5 rings (SSSR count). The van der Waals surface area contributed by atoms with E-state index in [0.29, 0.717) is 22.6 Å². The summed E-state index contributed by atoms with van der Waals surface area (Å²) in [7, 11) is 1.32. The van der Waals surface area contributed by atoms with Gasteiger partial charge in [-0.2, -0.15) is 0 Å². The monoisotopic (exact) mass is 548 g/mol. The van der Waals surface area contributed by atoms with E-state index in [2.05, 4.69) is 0 Å². The predicted molar refractivity (Wildman–Crippen MR) is 143 cm³/mol. The van der Waals surface area contributed by atoms with Gasteiger partial charge in [-0.25, -0.2) is 33.1 Å². The fourth-order valence-electron chi connectivity index (χ4n) is 5.00. The van der Waals surface area contributed by atoms with Gasteiger partial charge in [0.2, 0.25) is 0 Å². The van der Waals surface area contributed by atoms with Crippen molar-refractivity contribution in [2.75, 3.05) is 7.05 Å². The van der Waals surface area contributed by atoms with Gasteiger partial charge in [-0.15, -0.1) is 0 Å². The van der Waals surface area contributed by atoms with Gasteiger partial charge in [0.1, 0.15) is 29.2 Å². The van der Waals surface area contributed by atoms with Gasteiger partial charge in [0.25, 0.3) is 0 Å². The molecule has 208 valence electrons. The summed E-state index contributed by atoms with van der Waals surface area (Å²) in [5.41, 5.74) is 0.209. The Balaban J connectivity index is 1.57. The maximum absolute atomic E-state index is 13.8. The maximum atomic E-state index is 13.8. The Morgan fingerprint density at radius 1 is 1.10 bits per heavy atom. The molecule has 0 bridgehead atoms. The second-order valence-electron chi connectivity index (χ2n) is 10.3. The lowest BCUT2D eigenvalue weighted by Crippen LogP contribution is -2.46. The van der Waals surface area contributed by atoms with Crippen molar-refractivity contribution in [3.63, 3.8) is 0 Å². The number of ether oxygens (including phenoxy) is 2. The van der Waals surface area contributed by atoms with Gasteiger partial charge < -0.3 is 14.6 Å². The van der Waals surface area contributed by atoms with Crippen LogP contribution in [0.15, 0.2) is 63.7 Å². The first-order valence-corrected chi connectivity index (χ1v) is 12.6. The van der Waals surface area contributed by atoms with Crippen LogP contribution in [-0.2, 0) is 11.3 Å². The number of carbonyl (C=O) groups is 3. The summed E-state index contributed by atoms with van der Waals surface area (Å²) >= 11 is 0. The number of fused-ring (bicyclic) bond motifs is 5. The third kappa shape index (κ3) is 4.21. The van der Waals surface area contributed by atoms with Crippen molar-refractivity contribution in [2.45, 2.75) is 51.9 Å². The number of carboxylic acids is 1. The number of Topliss-reactive ketones (excluding diaryl/α,β-unsaturated/α-hetero) is 1. The lowest BCUT2D eigenvalue weighted by molar-refractivity contribution is -0.141. The number of amides is 1. The van der Waals surface area contributed by atoms with Crippen molar-refractivity contribution < 1.29 is 29.0 Å². The molecule has 12 nitrogen and oxygen atoms in total. The number of hydrogen-bond donors (Lipinski definition) is 1. The SMILES string of the molecule is CC(=O)c1ccc(-n2c(=O)n3n(c2=O)C2C(=CC3)C(C)(C)Oc3cc(OC(=O)N(C)C(C)C(=O)O)ccc32)cc1. The summed E-state index contributed by atoms with van der Waals surface area (Å²) in [6, 6.07) is 9.16. The Kier molecular flexibility index (Phi) is 6.28. The van der Waals surface area contributed by atoms with Crippen LogP contribution in [0.4, 0.5) is 4.79 Å². The quantitative estimate of drug-likeness (QED) is 0.379. The standard InChI is InChI=1S/C28H28N4O8/c1-15(24(34)35)29(5)27(38)39-19-10-11-20-22(14-19)40-28(3,4)21-12-13-30-25(36)31(26(37)32(30)23(20)21)18-8-6-17(7-9-18)16(2)33/h6-12,14-15,23H,13H2,1-5H3,(H,34,35). The van der Waals surface area contributed by atoms with Crippen LogP contribution in [0.3, 0.4) is 0 Å². The molecule has 2 unspecified atom stereocenters. The smallest absolute Gasteiger partial charge is 0.415 e. The first-order valence-electron chi connectivity index (χ1n) is 12.6. The van der Waals surface area contributed by atoms with Gasteiger partial charge >= 0.3 is 23.4 Å². The van der Waals surface area contributed by atoms with Crippen molar-refractivity contribution in [1.82, 2.24) is 18.8 Å². The molecule has 0 saturated heterocycles. The highest BCUT2D eigenvalue weighted by molar-refractivity contribution is 5.94. The molecule has 0 saturated carbocycles. The van der Waals surface area contributed by atoms with Crippen molar-refractivity contribution in [1.29, 1.82) is 0 Å². The van der Waals surface area contributed by atoms with E-state index in [1.54, 1.807) is 30.3 Å². The van der Waals surface area contributed by atoms with E-state index in [9.17, 15) is 29.1 Å². The molecule has 2 atom stereocenters. The Labute approximate surface area is 228 Å². The number of rotatable bonds is 5. The number of hydrogen-bond acceptors (Lipinski definition) is 7. The summed E-state index contributed by atoms with van der Waals surface area (Å²) in [4.78, 5) is 63.6. The number of carbonyl (C=O) groups excluding carboxylic acids is 2. The number of allylic oxidation sites excluding steroid dienone is 1. The van der Waals surface area contributed by atoms with Crippen LogP contribution in [0.25, 0.3) is 5.69 Å². The highest BCUT2D eigenvalue weighted by Crippen LogP contribution is 2.47. The predicted octanol–water partition coefficient (Wildman–Crippen LogP) is 2.61. The zero-order valence-electron chi connectivity index (χ0n) is 22.6. The van der Waals surface area contributed by atoms with Crippen LogP contribution < -0.4 is 20.9 Å². The third-order valence-corrected chi connectivity index (χ3v) is 7.39. The molecule has 12 heteroatoms. The Morgan fingerprint density at radius 3 is 2.40 bits per heavy atom. The van der Waals surface area contributed by atoms with Gasteiger partial charge in [-0.3, -0.25) is 9.69 Å². The minimum atomic E-state index is -1.18. The second-order valence-corrected chi connectivity index (χ2v) is 10.3. The first kappa shape index (κ1) is 26.7.